The highest BCUT2D eigenvalue weighted by atomic mass is 16.2. The number of nitrogens with zero attached hydrogens (tertiary/aromatic N) is 1. The molecule has 2 nitrogen and oxygen atoms in total. The van der Waals surface area contributed by atoms with Gasteiger partial charge >= 0.3 is 0 Å². The maximum atomic E-state index is 11.7. The first-order chi connectivity index (χ1) is 7.15. The molecule has 1 rings (SSSR count). The van der Waals surface area contributed by atoms with Crippen LogP contribution in [-0.2, 0) is 4.79 Å². The van der Waals surface area contributed by atoms with Gasteiger partial charge in [-0.3, -0.25) is 4.79 Å². The predicted molar refractivity (Wildman–Crippen MR) is 65.8 cm³/mol. The van der Waals surface area contributed by atoms with Crippen molar-refractivity contribution in [3.05, 3.63) is 11.6 Å². The van der Waals surface area contributed by atoms with Crippen LogP contribution in [0.5, 0.6) is 0 Å². The quantitative estimate of drug-likeness (QED) is 0.610. The maximum Gasteiger partial charge on any atom is 0.249 e. The van der Waals surface area contributed by atoms with E-state index < -0.39 is 0 Å². The van der Waals surface area contributed by atoms with E-state index in [1.54, 1.807) is 0 Å². The van der Waals surface area contributed by atoms with Crippen LogP contribution in [-0.4, -0.2) is 23.9 Å². The lowest BCUT2D eigenvalue weighted by Crippen LogP contribution is -2.38. The number of carbonyl (C=O) groups excluding carboxylic acids is 1. The zero-order valence-corrected chi connectivity index (χ0v) is 10.8. The molecule has 2 heteroatoms. The van der Waals surface area contributed by atoms with E-state index in [4.69, 9.17) is 0 Å². The van der Waals surface area contributed by atoms with Crippen LogP contribution >= 0.6 is 0 Å². The van der Waals surface area contributed by atoms with Gasteiger partial charge in [0, 0.05) is 18.7 Å². The highest BCUT2D eigenvalue weighted by Gasteiger charge is 2.20. The van der Waals surface area contributed by atoms with E-state index in [0.29, 0.717) is 0 Å². The summed E-state index contributed by atoms with van der Waals surface area (Å²) in [7, 11) is 0. The molecule has 0 aliphatic carbocycles. The molecule has 0 bridgehead atoms. The summed E-state index contributed by atoms with van der Waals surface area (Å²) in [6, 6.07) is 0. The third kappa shape index (κ3) is 4.50. The van der Waals surface area contributed by atoms with Crippen LogP contribution in [0.3, 0.4) is 0 Å². The van der Waals surface area contributed by atoms with Crippen LogP contribution < -0.4 is 0 Å². The fourth-order valence-corrected chi connectivity index (χ4v) is 1.58. The Kier molecular flexibility index (Phi) is 7.10. The van der Waals surface area contributed by atoms with Gasteiger partial charge < -0.3 is 4.90 Å². The number of rotatable bonds is 1. The fraction of sp³-hybridized carbons (Fsp3) is 0.769. The van der Waals surface area contributed by atoms with Crippen molar-refractivity contribution in [3.8, 4) is 0 Å². The molecular weight excluding hydrogens is 186 g/mol. The summed E-state index contributed by atoms with van der Waals surface area (Å²) >= 11 is 0. The van der Waals surface area contributed by atoms with E-state index in [2.05, 4.69) is 6.92 Å². The molecule has 0 N–H and O–H groups in total. The van der Waals surface area contributed by atoms with Crippen molar-refractivity contribution in [3.63, 3.8) is 0 Å². The van der Waals surface area contributed by atoms with Crippen molar-refractivity contribution >= 4 is 5.91 Å². The Morgan fingerprint density at radius 1 is 1.27 bits per heavy atom. The van der Waals surface area contributed by atoms with Crippen molar-refractivity contribution < 1.29 is 4.79 Å². The van der Waals surface area contributed by atoms with Crippen LogP contribution in [0.1, 0.15) is 47.5 Å². The average molecular weight is 211 g/mol. The van der Waals surface area contributed by atoms with E-state index >= 15 is 0 Å². The lowest BCUT2D eigenvalue weighted by atomic mass is 9.99. The number of likely N-dealkylation sites (tertiary alicyclic amines) is 1. The SMILES string of the molecule is C/C=C(/C)C(=O)N1CCC(C)CC1.CC. The van der Waals surface area contributed by atoms with Gasteiger partial charge in [0.25, 0.3) is 0 Å². The molecule has 1 heterocycles. The van der Waals surface area contributed by atoms with Crippen LogP contribution in [0.4, 0.5) is 0 Å². The second-order valence-corrected chi connectivity index (χ2v) is 3.95. The molecular formula is C13H25NO. The van der Waals surface area contributed by atoms with Crippen molar-refractivity contribution in [2.24, 2.45) is 5.92 Å². The lowest BCUT2D eigenvalue weighted by molar-refractivity contribution is -0.128. The molecule has 88 valence electrons. The Morgan fingerprint density at radius 2 is 1.73 bits per heavy atom. The van der Waals surface area contributed by atoms with E-state index in [-0.39, 0.29) is 5.91 Å². The van der Waals surface area contributed by atoms with Gasteiger partial charge in [-0.05, 0) is 32.6 Å². The largest absolute Gasteiger partial charge is 0.339 e. The van der Waals surface area contributed by atoms with Crippen LogP contribution in [0, 0.1) is 5.92 Å². The van der Waals surface area contributed by atoms with Gasteiger partial charge in [0.2, 0.25) is 5.91 Å². The number of hydrogen-bond donors (Lipinski definition) is 0. The zero-order valence-electron chi connectivity index (χ0n) is 10.8. The molecule has 1 aliphatic heterocycles. The smallest absolute Gasteiger partial charge is 0.249 e. The first-order valence-electron chi connectivity index (χ1n) is 6.07. The third-order valence-electron chi connectivity index (χ3n) is 2.84. The summed E-state index contributed by atoms with van der Waals surface area (Å²) in [6.45, 7) is 11.9. The summed E-state index contributed by atoms with van der Waals surface area (Å²) in [6.07, 6.45) is 4.20. The number of piperidine rings is 1. The standard InChI is InChI=1S/C11H19NO.C2H6/c1-4-10(3)11(13)12-7-5-9(2)6-8-12;1-2/h4,9H,5-8H2,1-3H3;1-2H3/b10-4-;. The van der Waals surface area contributed by atoms with Gasteiger partial charge in [-0.1, -0.05) is 26.8 Å². The Hall–Kier alpha value is -0.790. The molecule has 15 heavy (non-hydrogen) atoms. The van der Waals surface area contributed by atoms with Gasteiger partial charge in [0.1, 0.15) is 0 Å². The van der Waals surface area contributed by atoms with E-state index in [1.165, 1.54) is 0 Å². The molecule has 0 saturated carbocycles. The molecule has 0 aromatic carbocycles. The average Bonchev–Trinajstić information content (AvgIpc) is 2.31. The van der Waals surface area contributed by atoms with Crippen molar-refractivity contribution in [1.82, 2.24) is 4.90 Å². The van der Waals surface area contributed by atoms with E-state index in [9.17, 15) is 4.79 Å². The maximum absolute atomic E-state index is 11.7. The molecule has 1 saturated heterocycles. The first kappa shape index (κ1) is 14.2. The minimum atomic E-state index is 0.217. The minimum absolute atomic E-state index is 0.217. The molecule has 1 aliphatic rings. The number of amides is 1. The zero-order chi connectivity index (χ0) is 11.8. The highest BCUT2D eigenvalue weighted by Crippen LogP contribution is 2.17. The van der Waals surface area contributed by atoms with Crippen LogP contribution in [0.2, 0.25) is 0 Å². The fourth-order valence-electron chi connectivity index (χ4n) is 1.58. The molecule has 0 aromatic heterocycles. The van der Waals surface area contributed by atoms with Crippen LogP contribution in [0.15, 0.2) is 11.6 Å². The highest BCUT2D eigenvalue weighted by molar-refractivity contribution is 5.92. The number of hydrogen-bond acceptors (Lipinski definition) is 1. The van der Waals surface area contributed by atoms with Gasteiger partial charge in [-0.2, -0.15) is 0 Å². The second-order valence-electron chi connectivity index (χ2n) is 3.95. The summed E-state index contributed by atoms with van der Waals surface area (Å²) in [4.78, 5) is 13.7. The summed E-state index contributed by atoms with van der Waals surface area (Å²) in [5.74, 6) is 1.00. The Bertz CT molecular complexity index is 213. The lowest BCUT2D eigenvalue weighted by Gasteiger charge is -2.30. The summed E-state index contributed by atoms with van der Waals surface area (Å²) in [5, 5.41) is 0. The minimum Gasteiger partial charge on any atom is -0.339 e. The summed E-state index contributed by atoms with van der Waals surface area (Å²) in [5.41, 5.74) is 0.870. The van der Waals surface area contributed by atoms with Gasteiger partial charge in [-0.25, -0.2) is 0 Å². The topological polar surface area (TPSA) is 20.3 Å². The second kappa shape index (κ2) is 7.49. The van der Waals surface area contributed by atoms with Gasteiger partial charge in [0.15, 0.2) is 0 Å². The van der Waals surface area contributed by atoms with Gasteiger partial charge in [0.05, 0.1) is 0 Å². The molecule has 0 spiro atoms. The number of carbonyl (C=O) groups is 1. The van der Waals surface area contributed by atoms with E-state index in [1.807, 2.05) is 38.7 Å². The monoisotopic (exact) mass is 211 g/mol. The van der Waals surface area contributed by atoms with Crippen molar-refractivity contribution in [2.45, 2.75) is 47.5 Å². The third-order valence-corrected chi connectivity index (χ3v) is 2.84. The Labute approximate surface area is 94.4 Å². The molecule has 1 amide bonds. The summed E-state index contributed by atoms with van der Waals surface area (Å²) < 4.78 is 0. The molecule has 0 atom stereocenters. The molecule has 0 radical (unpaired) electrons. The van der Waals surface area contributed by atoms with Crippen LogP contribution in [0.25, 0.3) is 0 Å². The van der Waals surface area contributed by atoms with Crippen molar-refractivity contribution in [1.29, 1.82) is 0 Å². The number of allylic oxidation sites excluding steroid dienone is 1. The predicted octanol–water partition coefficient (Wildman–Crippen LogP) is 3.24. The van der Waals surface area contributed by atoms with E-state index in [0.717, 1.165) is 37.4 Å². The molecule has 0 unspecified atom stereocenters. The molecule has 0 aromatic rings. The molecule has 1 fully saturated rings. The normalized spacial score (nSPS) is 18.2. The Morgan fingerprint density at radius 3 is 2.13 bits per heavy atom. The Balaban J connectivity index is 0.000000921. The van der Waals surface area contributed by atoms with Crippen molar-refractivity contribution in [2.75, 3.05) is 13.1 Å². The first-order valence-corrected chi connectivity index (χ1v) is 6.07. The van der Waals surface area contributed by atoms with Gasteiger partial charge in [-0.15, -0.1) is 0 Å².